The average molecular weight is 505 g/mol. The van der Waals surface area contributed by atoms with Crippen LogP contribution in [-0.4, -0.2) is 28.3 Å². The molecule has 2 amide bonds. The van der Waals surface area contributed by atoms with Crippen molar-refractivity contribution in [1.82, 2.24) is 10.2 Å². The maximum atomic E-state index is 13.7. The van der Waals surface area contributed by atoms with Crippen LogP contribution in [0.3, 0.4) is 0 Å². The normalized spacial score (nSPS) is 12.1. The summed E-state index contributed by atoms with van der Waals surface area (Å²) in [6, 6.07) is 25.1. The Bertz CT molecular complexity index is 1140. The van der Waals surface area contributed by atoms with Gasteiger partial charge in [0.05, 0.1) is 0 Å². The maximum Gasteiger partial charge on any atom is 0.243 e. The highest BCUT2D eigenvalue weighted by atomic mass is 35.5. The Kier molecular flexibility index (Phi) is 9.72. The standard InChI is InChI=1S/C31H37ClN2O2/c1-5-23-14-16-24(17-15-23)18-19-29(35)34(22-26-12-9-13-27(32)20-26)28(30(36)33-31(2,3)4)21-25-10-7-6-8-11-25/h6-17,20,28H,5,18-19,21-22H2,1-4H3,(H,33,36)/t28-/m0/s1. The highest BCUT2D eigenvalue weighted by molar-refractivity contribution is 6.30. The number of benzene rings is 3. The summed E-state index contributed by atoms with van der Waals surface area (Å²) in [7, 11) is 0. The van der Waals surface area contributed by atoms with E-state index in [2.05, 4.69) is 36.5 Å². The van der Waals surface area contributed by atoms with E-state index in [0.29, 0.717) is 30.8 Å². The molecule has 0 heterocycles. The minimum Gasteiger partial charge on any atom is -0.350 e. The highest BCUT2D eigenvalue weighted by Gasteiger charge is 2.32. The van der Waals surface area contributed by atoms with Gasteiger partial charge in [0.15, 0.2) is 0 Å². The summed E-state index contributed by atoms with van der Waals surface area (Å²) in [5, 5.41) is 3.71. The van der Waals surface area contributed by atoms with Gasteiger partial charge in [-0.2, -0.15) is 0 Å². The van der Waals surface area contributed by atoms with Gasteiger partial charge in [-0.15, -0.1) is 0 Å². The second-order valence-corrected chi connectivity index (χ2v) is 10.7. The minimum atomic E-state index is -0.652. The zero-order valence-electron chi connectivity index (χ0n) is 21.8. The first kappa shape index (κ1) is 27.5. The number of halogens is 1. The molecule has 0 saturated heterocycles. The van der Waals surface area contributed by atoms with Crippen molar-refractivity contribution in [2.75, 3.05) is 0 Å². The van der Waals surface area contributed by atoms with E-state index in [1.54, 1.807) is 4.90 Å². The Morgan fingerprint density at radius 1 is 0.861 bits per heavy atom. The quantitative estimate of drug-likeness (QED) is 0.348. The topological polar surface area (TPSA) is 49.4 Å². The van der Waals surface area contributed by atoms with Gasteiger partial charge in [0.1, 0.15) is 6.04 Å². The van der Waals surface area contributed by atoms with Crippen LogP contribution in [-0.2, 0) is 35.4 Å². The molecule has 5 heteroatoms. The molecule has 1 atom stereocenters. The van der Waals surface area contributed by atoms with Crippen molar-refractivity contribution in [3.05, 3.63) is 106 Å². The molecule has 0 unspecified atom stereocenters. The maximum absolute atomic E-state index is 13.7. The van der Waals surface area contributed by atoms with Gasteiger partial charge in [-0.3, -0.25) is 9.59 Å². The molecule has 0 bridgehead atoms. The number of carbonyl (C=O) groups is 2. The lowest BCUT2D eigenvalue weighted by molar-refractivity contribution is -0.141. The number of aryl methyl sites for hydroxylation is 2. The lowest BCUT2D eigenvalue weighted by Crippen LogP contribution is -2.54. The van der Waals surface area contributed by atoms with Crippen molar-refractivity contribution >= 4 is 23.4 Å². The molecular weight excluding hydrogens is 468 g/mol. The van der Waals surface area contributed by atoms with Crippen LogP contribution in [0.5, 0.6) is 0 Å². The molecule has 0 radical (unpaired) electrons. The number of carbonyl (C=O) groups excluding carboxylic acids is 2. The molecule has 0 aliphatic heterocycles. The van der Waals surface area contributed by atoms with Gasteiger partial charge in [-0.05, 0) is 68.0 Å². The predicted octanol–water partition coefficient (Wildman–Crippen LogP) is 6.39. The molecule has 0 aliphatic rings. The second-order valence-electron chi connectivity index (χ2n) is 10.3. The van der Waals surface area contributed by atoms with E-state index in [1.165, 1.54) is 5.56 Å². The Morgan fingerprint density at radius 3 is 2.11 bits per heavy atom. The van der Waals surface area contributed by atoms with Crippen molar-refractivity contribution < 1.29 is 9.59 Å². The van der Waals surface area contributed by atoms with Crippen molar-refractivity contribution in [1.29, 1.82) is 0 Å². The molecule has 3 rings (SSSR count). The first-order chi connectivity index (χ1) is 17.1. The number of rotatable bonds is 10. The van der Waals surface area contributed by atoms with Crippen LogP contribution in [0.2, 0.25) is 5.02 Å². The van der Waals surface area contributed by atoms with E-state index in [1.807, 2.05) is 75.4 Å². The fourth-order valence-electron chi connectivity index (χ4n) is 4.18. The van der Waals surface area contributed by atoms with E-state index in [4.69, 9.17) is 11.6 Å². The molecule has 0 aromatic heterocycles. The average Bonchev–Trinajstić information content (AvgIpc) is 2.84. The van der Waals surface area contributed by atoms with Crippen LogP contribution in [0.15, 0.2) is 78.9 Å². The molecule has 0 aliphatic carbocycles. The molecular formula is C31H37ClN2O2. The number of hydrogen-bond donors (Lipinski definition) is 1. The summed E-state index contributed by atoms with van der Waals surface area (Å²) in [5.74, 6) is -0.214. The van der Waals surface area contributed by atoms with E-state index in [9.17, 15) is 9.59 Å². The van der Waals surface area contributed by atoms with Gasteiger partial charge in [0.25, 0.3) is 0 Å². The second kappa shape index (κ2) is 12.7. The van der Waals surface area contributed by atoms with Crippen LogP contribution in [0.4, 0.5) is 0 Å². The van der Waals surface area contributed by atoms with E-state index >= 15 is 0 Å². The van der Waals surface area contributed by atoms with Crippen molar-refractivity contribution in [2.45, 2.75) is 71.5 Å². The third kappa shape index (κ3) is 8.53. The highest BCUT2D eigenvalue weighted by Crippen LogP contribution is 2.20. The third-order valence-electron chi connectivity index (χ3n) is 6.07. The molecule has 3 aromatic carbocycles. The summed E-state index contributed by atoms with van der Waals surface area (Å²) in [6.45, 7) is 8.29. The summed E-state index contributed by atoms with van der Waals surface area (Å²) in [6.07, 6.45) is 2.35. The molecule has 3 aromatic rings. The van der Waals surface area contributed by atoms with Gasteiger partial charge in [0, 0.05) is 29.9 Å². The Balaban J connectivity index is 1.91. The molecule has 0 spiro atoms. The number of amides is 2. The van der Waals surface area contributed by atoms with Crippen molar-refractivity contribution in [3.63, 3.8) is 0 Å². The zero-order chi connectivity index (χ0) is 26.1. The largest absolute Gasteiger partial charge is 0.350 e. The molecule has 1 N–H and O–H groups in total. The minimum absolute atomic E-state index is 0.0560. The van der Waals surface area contributed by atoms with E-state index < -0.39 is 11.6 Å². The van der Waals surface area contributed by atoms with Gasteiger partial charge < -0.3 is 10.2 Å². The zero-order valence-corrected chi connectivity index (χ0v) is 22.5. The lowest BCUT2D eigenvalue weighted by atomic mass is 9.99. The summed E-state index contributed by atoms with van der Waals surface area (Å²) in [4.78, 5) is 29.0. The van der Waals surface area contributed by atoms with Crippen molar-refractivity contribution in [2.24, 2.45) is 0 Å². The fraction of sp³-hybridized carbons (Fsp3) is 0.355. The summed E-state index contributed by atoms with van der Waals surface area (Å²) >= 11 is 6.25. The van der Waals surface area contributed by atoms with E-state index in [-0.39, 0.29) is 11.8 Å². The first-order valence-corrected chi connectivity index (χ1v) is 13.0. The first-order valence-electron chi connectivity index (χ1n) is 12.6. The van der Waals surface area contributed by atoms with Crippen LogP contribution < -0.4 is 5.32 Å². The Morgan fingerprint density at radius 2 is 1.50 bits per heavy atom. The van der Waals surface area contributed by atoms with Gasteiger partial charge >= 0.3 is 0 Å². The van der Waals surface area contributed by atoms with Crippen LogP contribution in [0.25, 0.3) is 0 Å². The molecule has 0 saturated carbocycles. The number of nitrogens with zero attached hydrogens (tertiary/aromatic N) is 1. The van der Waals surface area contributed by atoms with Crippen molar-refractivity contribution in [3.8, 4) is 0 Å². The summed E-state index contributed by atoms with van der Waals surface area (Å²) in [5.41, 5.74) is 3.87. The third-order valence-corrected chi connectivity index (χ3v) is 6.31. The van der Waals surface area contributed by atoms with E-state index in [0.717, 1.165) is 23.1 Å². The fourth-order valence-corrected chi connectivity index (χ4v) is 4.39. The predicted molar refractivity (Wildman–Crippen MR) is 148 cm³/mol. The van der Waals surface area contributed by atoms with Crippen LogP contribution in [0, 0.1) is 0 Å². The number of hydrogen-bond acceptors (Lipinski definition) is 2. The molecule has 36 heavy (non-hydrogen) atoms. The van der Waals surface area contributed by atoms with Gasteiger partial charge in [-0.25, -0.2) is 0 Å². The summed E-state index contributed by atoms with van der Waals surface area (Å²) < 4.78 is 0. The van der Waals surface area contributed by atoms with Gasteiger partial charge in [0.2, 0.25) is 11.8 Å². The van der Waals surface area contributed by atoms with Crippen LogP contribution >= 0.6 is 11.6 Å². The monoisotopic (exact) mass is 504 g/mol. The van der Waals surface area contributed by atoms with Gasteiger partial charge in [-0.1, -0.05) is 85.3 Å². The Labute approximate surface area is 220 Å². The lowest BCUT2D eigenvalue weighted by Gasteiger charge is -2.34. The SMILES string of the molecule is CCc1ccc(CCC(=O)N(Cc2cccc(Cl)c2)[C@@H](Cc2ccccc2)C(=O)NC(C)(C)C)cc1. The molecule has 4 nitrogen and oxygen atoms in total. The number of nitrogens with one attached hydrogen (secondary N) is 1. The molecule has 0 fully saturated rings. The Hall–Kier alpha value is -3.11. The smallest absolute Gasteiger partial charge is 0.243 e. The van der Waals surface area contributed by atoms with Crippen LogP contribution in [0.1, 0.15) is 56.4 Å². The molecule has 190 valence electrons.